The monoisotopic (exact) mass is 621 g/mol. The van der Waals surface area contributed by atoms with Gasteiger partial charge in [0.05, 0.1) is 23.7 Å². The first-order valence-electron chi connectivity index (χ1n) is 18.1. The van der Waals surface area contributed by atoms with Crippen LogP contribution in [0.4, 0.5) is 0 Å². The number of carbonyl (C=O) groups is 4. The van der Waals surface area contributed by atoms with E-state index in [0.29, 0.717) is 48.8 Å². The van der Waals surface area contributed by atoms with Gasteiger partial charge in [-0.05, 0) is 84.7 Å². The third kappa shape index (κ3) is 11.4. The van der Waals surface area contributed by atoms with Crippen molar-refractivity contribution in [1.82, 2.24) is 19.6 Å². The molecule has 0 spiro atoms. The van der Waals surface area contributed by atoms with E-state index in [2.05, 4.69) is 54.2 Å². The lowest BCUT2D eigenvalue weighted by Gasteiger charge is -2.49. The van der Waals surface area contributed by atoms with Crippen molar-refractivity contribution in [2.24, 2.45) is 0 Å². The average molecular weight is 621 g/mol. The Morgan fingerprint density at radius 3 is 1.30 bits per heavy atom. The highest BCUT2D eigenvalue weighted by atomic mass is 16.1. The summed E-state index contributed by atoms with van der Waals surface area (Å²) in [5.74, 6) is 1.65. The van der Waals surface area contributed by atoms with E-state index >= 15 is 0 Å². The number of nitrogens with zero attached hydrogens (tertiary/aromatic N) is 4. The Morgan fingerprint density at radius 2 is 0.955 bits per heavy atom. The first-order chi connectivity index (χ1) is 21.0. The Labute approximate surface area is 270 Å². The molecule has 0 aliphatic carbocycles. The standard InChI is InChI=1S/C10H19NO.2C9H17NO.C8H15NO/c1-3-10(12)9-7-5-6-8-11(9)4-2;1-4-8(11)9(3)6-7-10(9)5-2;1-3-9(11)8-6-5-7-10(8)4-2;1-3-8(10)7-5-6-9(7)4-2/h9H,3-8H2,1-2H3;4-7H2,1-3H3;8H,3-7H2,1-2H3;7H,3-6H2,1-2H3. The first kappa shape index (κ1) is 40.5. The summed E-state index contributed by atoms with van der Waals surface area (Å²) in [6.07, 6.45) is 10.8. The molecule has 4 aliphatic heterocycles. The molecule has 256 valence electrons. The van der Waals surface area contributed by atoms with Crippen molar-refractivity contribution in [2.75, 3.05) is 52.4 Å². The molecule has 4 saturated heterocycles. The Balaban J connectivity index is 0.000000294. The smallest absolute Gasteiger partial charge is 0.152 e. The number of piperidine rings is 1. The van der Waals surface area contributed by atoms with E-state index in [1.54, 1.807) is 0 Å². The van der Waals surface area contributed by atoms with Crippen molar-refractivity contribution in [2.45, 2.75) is 157 Å². The molecule has 0 bridgehead atoms. The number of ketones is 4. The average Bonchev–Trinajstić information content (AvgIpc) is 3.52. The van der Waals surface area contributed by atoms with E-state index in [1.807, 2.05) is 27.7 Å². The zero-order valence-electron chi connectivity index (χ0n) is 30.1. The van der Waals surface area contributed by atoms with Gasteiger partial charge >= 0.3 is 0 Å². The van der Waals surface area contributed by atoms with E-state index in [1.165, 1.54) is 19.3 Å². The Bertz CT molecular complexity index is 874. The summed E-state index contributed by atoms with van der Waals surface area (Å²) >= 11 is 0. The molecule has 0 aromatic rings. The minimum Gasteiger partial charge on any atom is -0.298 e. The fourth-order valence-electron chi connectivity index (χ4n) is 7.00. The van der Waals surface area contributed by atoms with Crippen molar-refractivity contribution in [3.05, 3.63) is 0 Å². The van der Waals surface area contributed by atoms with Gasteiger partial charge in [-0.1, -0.05) is 61.8 Å². The number of carbonyl (C=O) groups excluding carboxylic acids is 4. The summed E-state index contributed by atoms with van der Waals surface area (Å²) in [6, 6.07) is 0.772. The molecule has 44 heavy (non-hydrogen) atoms. The van der Waals surface area contributed by atoms with Crippen LogP contribution in [-0.4, -0.2) is 119 Å². The van der Waals surface area contributed by atoms with Gasteiger partial charge in [-0.3, -0.25) is 38.8 Å². The molecule has 8 heteroatoms. The highest BCUT2D eigenvalue weighted by Gasteiger charge is 2.44. The lowest BCUT2D eigenvalue weighted by molar-refractivity contribution is -0.138. The van der Waals surface area contributed by atoms with Gasteiger partial charge in [-0.15, -0.1) is 0 Å². The number of Topliss-reactive ketones (excluding diaryl/α,β-unsaturated/α-hetero) is 4. The lowest BCUT2D eigenvalue weighted by atomic mass is 9.81. The maximum atomic E-state index is 11.5. The second kappa shape index (κ2) is 21.3. The van der Waals surface area contributed by atoms with Crippen LogP contribution in [0.2, 0.25) is 0 Å². The Hall–Kier alpha value is -1.48. The molecular weight excluding hydrogens is 552 g/mol. The number of likely N-dealkylation sites (tertiary alicyclic amines) is 4. The predicted molar refractivity (Wildman–Crippen MR) is 182 cm³/mol. The third-order valence-corrected chi connectivity index (χ3v) is 10.4. The third-order valence-electron chi connectivity index (χ3n) is 10.4. The van der Waals surface area contributed by atoms with E-state index in [-0.39, 0.29) is 23.7 Å². The minimum absolute atomic E-state index is 0.108. The summed E-state index contributed by atoms with van der Waals surface area (Å²) < 4.78 is 0. The number of hydrogen-bond acceptors (Lipinski definition) is 8. The van der Waals surface area contributed by atoms with Crippen molar-refractivity contribution >= 4 is 23.1 Å². The molecule has 0 saturated carbocycles. The minimum atomic E-state index is -0.108. The van der Waals surface area contributed by atoms with E-state index < -0.39 is 0 Å². The van der Waals surface area contributed by atoms with Crippen LogP contribution in [0, 0.1) is 0 Å². The van der Waals surface area contributed by atoms with Crippen LogP contribution in [0.15, 0.2) is 0 Å². The van der Waals surface area contributed by atoms with Gasteiger partial charge in [0.25, 0.3) is 0 Å². The normalized spacial score (nSPS) is 27.2. The highest BCUT2D eigenvalue weighted by molar-refractivity contribution is 5.88. The molecule has 4 heterocycles. The number of rotatable bonds is 12. The van der Waals surface area contributed by atoms with Crippen LogP contribution in [0.25, 0.3) is 0 Å². The second-order valence-electron chi connectivity index (χ2n) is 12.7. The van der Waals surface area contributed by atoms with Crippen molar-refractivity contribution < 1.29 is 19.2 Å². The fourth-order valence-corrected chi connectivity index (χ4v) is 7.00. The Kier molecular flexibility index (Phi) is 19.7. The van der Waals surface area contributed by atoms with Crippen LogP contribution >= 0.6 is 0 Å². The van der Waals surface area contributed by atoms with Crippen molar-refractivity contribution in [1.29, 1.82) is 0 Å². The molecule has 0 N–H and O–H groups in total. The van der Waals surface area contributed by atoms with E-state index in [9.17, 15) is 19.2 Å². The van der Waals surface area contributed by atoms with Gasteiger partial charge in [-0.25, -0.2) is 0 Å². The molecule has 4 atom stereocenters. The zero-order chi connectivity index (χ0) is 33.3. The van der Waals surface area contributed by atoms with Crippen molar-refractivity contribution in [3.8, 4) is 0 Å². The van der Waals surface area contributed by atoms with Crippen LogP contribution in [0.3, 0.4) is 0 Å². The fraction of sp³-hybridized carbons (Fsp3) is 0.889. The Morgan fingerprint density at radius 1 is 0.523 bits per heavy atom. The van der Waals surface area contributed by atoms with E-state index in [0.717, 1.165) is 78.0 Å². The summed E-state index contributed by atoms with van der Waals surface area (Å²) in [6.45, 7) is 26.9. The van der Waals surface area contributed by atoms with Crippen LogP contribution in [0.1, 0.15) is 133 Å². The predicted octanol–water partition coefficient (Wildman–Crippen LogP) is 5.80. The summed E-state index contributed by atoms with van der Waals surface area (Å²) in [5, 5.41) is 0. The summed E-state index contributed by atoms with van der Waals surface area (Å²) in [7, 11) is 0. The quantitative estimate of drug-likeness (QED) is 0.271. The van der Waals surface area contributed by atoms with Crippen molar-refractivity contribution in [3.63, 3.8) is 0 Å². The van der Waals surface area contributed by atoms with Gasteiger partial charge in [0.15, 0.2) is 5.78 Å². The molecule has 4 fully saturated rings. The molecule has 0 amide bonds. The van der Waals surface area contributed by atoms with Gasteiger partial charge in [0.1, 0.15) is 17.3 Å². The molecule has 4 rings (SSSR count). The molecule has 4 aliphatic rings. The number of hydrogen-bond donors (Lipinski definition) is 0. The summed E-state index contributed by atoms with van der Waals surface area (Å²) in [5.41, 5.74) is -0.108. The molecular formula is C36H68N4O4. The maximum absolute atomic E-state index is 11.5. The molecule has 0 aromatic carbocycles. The van der Waals surface area contributed by atoms with Gasteiger partial charge in [0, 0.05) is 38.8 Å². The van der Waals surface area contributed by atoms with Crippen LogP contribution < -0.4 is 0 Å². The lowest BCUT2D eigenvalue weighted by Crippen LogP contribution is -2.62. The molecule has 4 unspecified atom stereocenters. The van der Waals surface area contributed by atoms with E-state index in [4.69, 9.17) is 0 Å². The first-order valence-corrected chi connectivity index (χ1v) is 18.1. The molecule has 0 radical (unpaired) electrons. The maximum Gasteiger partial charge on any atom is 0.152 e. The number of likely N-dealkylation sites (N-methyl/N-ethyl adjacent to an activating group) is 4. The summed E-state index contributed by atoms with van der Waals surface area (Å²) in [4.78, 5) is 54.5. The van der Waals surface area contributed by atoms with Gasteiger partial charge in [0.2, 0.25) is 0 Å². The molecule has 8 nitrogen and oxygen atoms in total. The zero-order valence-corrected chi connectivity index (χ0v) is 30.1. The van der Waals surface area contributed by atoms with Gasteiger partial charge < -0.3 is 0 Å². The topological polar surface area (TPSA) is 81.2 Å². The van der Waals surface area contributed by atoms with Crippen LogP contribution in [-0.2, 0) is 19.2 Å². The van der Waals surface area contributed by atoms with Crippen LogP contribution in [0.5, 0.6) is 0 Å². The molecule has 0 aromatic heterocycles. The highest BCUT2D eigenvalue weighted by Crippen LogP contribution is 2.31. The second-order valence-corrected chi connectivity index (χ2v) is 12.7. The van der Waals surface area contributed by atoms with Gasteiger partial charge in [-0.2, -0.15) is 0 Å². The SMILES string of the molecule is CCC(=O)C1(C)CCN1CC.CCC(=O)C1CCCCN1CC.CCC(=O)C1CCCN1CC.CCC(=O)C1CCN1CC. The largest absolute Gasteiger partial charge is 0.298 e.